The zero-order chi connectivity index (χ0) is 21.2. The molecule has 1 aliphatic heterocycles. The summed E-state index contributed by atoms with van der Waals surface area (Å²) in [5.41, 5.74) is 1.71. The fourth-order valence-electron chi connectivity index (χ4n) is 3.88. The van der Waals surface area contributed by atoms with Crippen molar-refractivity contribution in [3.63, 3.8) is 0 Å². The Morgan fingerprint density at radius 3 is 2.61 bits per heavy atom. The Labute approximate surface area is 178 Å². The van der Waals surface area contributed by atoms with E-state index in [1.165, 1.54) is 10.7 Å². The van der Waals surface area contributed by atoms with Gasteiger partial charge in [0.05, 0.1) is 17.2 Å². The van der Waals surface area contributed by atoms with Crippen molar-refractivity contribution in [3.8, 4) is 5.82 Å². The van der Waals surface area contributed by atoms with Crippen molar-refractivity contribution in [2.24, 2.45) is 5.92 Å². The predicted molar refractivity (Wildman–Crippen MR) is 114 cm³/mol. The zero-order valence-electron chi connectivity index (χ0n) is 16.8. The molecule has 5 rings (SSSR count). The minimum absolute atomic E-state index is 0.104. The maximum absolute atomic E-state index is 12.9. The molecule has 0 unspecified atom stereocenters. The van der Waals surface area contributed by atoms with Gasteiger partial charge in [0.1, 0.15) is 5.69 Å². The molecule has 156 valence electrons. The number of aromatic nitrogens is 6. The fraction of sp³-hybridized carbons (Fsp3) is 0.273. The Bertz CT molecular complexity index is 1270. The summed E-state index contributed by atoms with van der Waals surface area (Å²) in [7, 11) is 0. The molecule has 0 radical (unpaired) electrons. The van der Waals surface area contributed by atoms with Gasteiger partial charge in [-0.15, -0.1) is 5.10 Å². The Morgan fingerprint density at radius 2 is 1.84 bits per heavy atom. The van der Waals surface area contributed by atoms with E-state index in [-0.39, 0.29) is 17.4 Å². The second-order valence-electron chi connectivity index (χ2n) is 7.64. The lowest BCUT2D eigenvalue weighted by atomic mass is 9.96. The van der Waals surface area contributed by atoms with Crippen LogP contribution in [-0.4, -0.2) is 53.4 Å². The maximum atomic E-state index is 12.9. The highest BCUT2D eigenvalue weighted by Gasteiger charge is 2.25. The largest absolute Gasteiger partial charge is 0.337 e. The van der Waals surface area contributed by atoms with E-state index in [1.807, 2.05) is 35.2 Å². The van der Waals surface area contributed by atoms with E-state index in [0.29, 0.717) is 36.7 Å². The second kappa shape index (κ2) is 8.10. The Hall–Kier alpha value is -3.88. The van der Waals surface area contributed by atoms with Gasteiger partial charge < -0.3 is 4.90 Å². The van der Waals surface area contributed by atoms with E-state index in [0.717, 1.165) is 18.4 Å². The normalized spacial score (nSPS) is 14.8. The van der Waals surface area contributed by atoms with Gasteiger partial charge in [0.2, 0.25) is 0 Å². The van der Waals surface area contributed by atoms with Gasteiger partial charge in [0, 0.05) is 38.1 Å². The van der Waals surface area contributed by atoms with Crippen LogP contribution in [-0.2, 0) is 6.54 Å². The van der Waals surface area contributed by atoms with Crippen LogP contribution < -0.4 is 5.56 Å². The molecule has 31 heavy (non-hydrogen) atoms. The van der Waals surface area contributed by atoms with Gasteiger partial charge in [-0.1, -0.05) is 12.1 Å². The first kappa shape index (κ1) is 19.1. The number of carbonyl (C=O) groups is 1. The van der Waals surface area contributed by atoms with Crippen molar-refractivity contribution in [1.82, 2.24) is 34.4 Å². The topological polar surface area (TPSA) is 98.8 Å². The van der Waals surface area contributed by atoms with Gasteiger partial charge >= 0.3 is 0 Å². The fourth-order valence-corrected chi connectivity index (χ4v) is 3.88. The number of nitrogens with zero attached hydrogens (tertiary/aromatic N) is 7. The summed E-state index contributed by atoms with van der Waals surface area (Å²) in [4.78, 5) is 35.8. The molecule has 1 aromatic carbocycles. The SMILES string of the molecule is O=C(c1cnc2ccccc2n1)N1CCC(Cn2nc(-n3cccn3)ccc2=O)CC1. The van der Waals surface area contributed by atoms with Gasteiger partial charge in [-0.05, 0) is 43.0 Å². The van der Waals surface area contributed by atoms with E-state index in [9.17, 15) is 9.59 Å². The van der Waals surface area contributed by atoms with Crippen LogP contribution in [0, 0.1) is 5.92 Å². The smallest absolute Gasteiger partial charge is 0.274 e. The van der Waals surface area contributed by atoms with Crippen molar-refractivity contribution in [2.45, 2.75) is 19.4 Å². The second-order valence-corrected chi connectivity index (χ2v) is 7.64. The number of para-hydroxylation sites is 2. The van der Waals surface area contributed by atoms with Crippen molar-refractivity contribution in [1.29, 1.82) is 0 Å². The van der Waals surface area contributed by atoms with Crippen molar-refractivity contribution in [2.75, 3.05) is 13.1 Å². The van der Waals surface area contributed by atoms with Gasteiger partial charge in [-0.3, -0.25) is 14.6 Å². The van der Waals surface area contributed by atoms with Crippen LogP contribution in [0.4, 0.5) is 0 Å². The number of benzene rings is 1. The van der Waals surface area contributed by atoms with Crippen LogP contribution in [0.5, 0.6) is 0 Å². The number of hydrogen-bond acceptors (Lipinski definition) is 6. The molecule has 1 amide bonds. The highest BCUT2D eigenvalue weighted by Crippen LogP contribution is 2.20. The molecule has 0 spiro atoms. The molecule has 4 aromatic rings. The lowest BCUT2D eigenvalue weighted by Gasteiger charge is -2.31. The number of rotatable bonds is 4. The monoisotopic (exact) mass is 415 g/mol. The molecule has 0 saturated carbocycles. The van der Waals surface area contributed by atoms with Crippen molar-refractivity contribution in [3.05, 3.63) is 77.1 Å². The minimum atomic E-state index is -0.138. The average molecular weight is 415 g/mol. The number of fused-ring (bicyclic) bond motifs is 1. The van der Waals surface area contributed by atoms with Crippen LogP contribution >= 0.6 is 0 Å². The van der Waals surface area contributed by atoms with Crippen molar-refractivity contribution >= 4 is 16.9 Å². The summed E-state index contributed by atoms with van der Waals surface area (Å²) >= 11 is 0. The van der Waals surface area contributed by atoms with Crippen LogP contribution in [0.2, 0.25) is 0 Å². The maximum Gasteiger partial charge on any atom is 0.274 e. The number of amides is 1. The molecule has 1 aliphatic rings. The van der Waals surface area contributed by atoms with E-state index >= 15 is 0 Å². The molecule has 0 atom stereocenters. The van der Waals surface area contributed by atoms with Crippen LogP contribution in [0.1, 0.15) is 23.3 Å². The summed E-state index contributed by atoms with van der Waals surface area (Å²) in [6.45, 7) is 1.75. The Balaban J connectivity index is 1.25. The first-order valence-corrected chi connectivity index (χ1v) is 10.3. The third-order valence-electron chi connectivity index (χ3n) is 5.59. The molecule has 0 bridgehead atoms. The van der Waals surface area contributed by atoms with Gasteiger partial charge in [0.25, 0.3) is 11.5 Å². The lowest BCUT2D eigenvalue weighted by molar-refractivity contribution is 0.0674. The number of piperidine rings is 1. The highest BCUT2D eigenvalue weighted by molar-refractivity contribution is 5.93. The first-order chi connectivity index (χ1) is 15.2. The molecule has 9 heteroatoms. The van der Waals surface area contributed by atoms with E-state index in [2.05, 4.69) is 20.2 Å². The predicted octanol–water partition coefficient (Wildman–Crippen LogP) is 1.92. The molecular formula is C22H21N7O2. The summed E-state index contributed by atoms with van der Waals surface area (Å²) < 4.78 is 3.12. The standard InChI is InChI=1S/C22H21N7O2/c30-21-7-6-20(28-11-3-10-24-28)26-29(21)15-16-8-12-27(13-9-16)22(31)19-14-23-17-4-1-2-5-18(17)25-19/h1-7,10-11,14,16H,8-9,12-13,15H2. The summed E-state index contributed by atoms with van der Waals surface area (Å²) in [6, 6.07) is 12.5. The van der Waals surface area contributed by atoms with Crippen LogP contribution in [0.25, 0.3) is 16.9 Å². The highest BCUT2D eigenvalue weighted by atomic mass is 16.2. The van der Waals surface area contributed by atoms with E-state index in [4.69, 9.17) is 0 Å². The third-order valence-corrected chi connectivity index (χ3v) is 5.59. The molecule has 9 nitrogen and oxygen atoms in total. The average Bonchev–Trinajstić information content (AvgIpc) is 3.35. The summed E-state index contributed by atoms with van der Waals surface area (Å²) in [5.74, 6) is 0.768. The van der Waals surface area contributed by atoms with Gasteiger partial charge in [-0.2, -0.15) is 5.10 Å². The lowest BCUT2D eigenvalue weighted by Crippen LogP contribution is -2.40. The van der Waals surface area contributed by atoms with Crippen LogP contribution in [0.15, 0.2) is 65.8 Å². The minimum Gasteiger partial charge on any atom is -0.337 e. The number of likely N-dealkylation sites (tertiary alicyclic amines) is 1. The molecule has 0 N–H and O–H groups in total. The third kappa shape index (κ3) is 3.94. The molecule has 1 saturated heterocycles. The number of hydrogen-bond donors (Lipinski definition) is 0. The quantitative estimate of drug-likeness (QED) is 0.505. The number of carbonyl (C=O) groups excluding carboxylic acids is 1. The van der Waals surface area contributed by atoms with Crippen LogP contribution in [0.3, 0.4) is 0 Å². The molecule has 1 fully saturated rings. The zero-order valence-corrected chi connectivity index (χ0v) is 16.8. The molecular weight excluding hydrogens is 394 g/mol. The Morgan fingerprint density at radius 1 is 1.03 bits per heavy atom. The summed E-state index contributed by atoms with van der Waals surface area (Å²) in [6.07, 6.45) is 6.60. The van der Waals surface area contributed by atoms with Gasteiger partial charge in [0.15, 0.2) is 5.82 Å². The summed E-state index contributed by atoms with van der Waals surface area (Å²) in [5, 5.41) is 8.61. The first-order valence-electron chi connectivity index (χ1n) is 10.3. The molecule has 3 aromatic heterocycles. The molecule has 0 aliphatic carbocycles. The van der Waals surface area contributed by atoms with E-state index in [1.54, 1.807) is 29.3 Å². The van der Waals surface area contributed by atoms with Gasteiger partial charge in [-0.25, -0.2) is 14.3 Å². The van der Waals surface area contributed by atoms with Crippen molar-refractivity contribution < 1.29 is 4.79 Å². The molecule has 4 heterocycles. The Kier molecular flexibility index (Phi) is 4.99. The van der Waals surface area contributed by atoms with E-state index < -0.39 is 0 Å².